The molecule has 1 aromatic heterocycles. The molecule has 1 aliphatic heterocycles. The van der Waals surface area contributed by atoms with Crippen molar-refractivity contribution in [3.05, 3.63) is 46.7 Å². The maximum absolute atomic E-state index is 13.7. The predicted octanol–water partition coefficient (Wildman–Crippen LogP) is 4.74. The van der Waals surface area contributed by atoms with Gasteiger partial charge in [-0.3, -0.25) is 4.79 Å². The van der Waals surface area contributed by atoms with Crippen molar-refractivity contribution in [3.8, 4) is 0 Å². The Balaban J connectivity index is 1.91. The summed E-state index contributed by atoms with van der Waals surface area (Å²) in [7, 11) is 0. The summed E-state index contributed by atoms with van der Waals surface area (Å²) in [6, 6.07) is 4.57. The molecule has 1 unspecified atom stereocenters. The molecule has 1 amide bonds. The number of halogens is 1. The second-order valence-electron chi connectivity index (χ2n) is 6.55. The molecule has 2 heterocycles. The number of nitrogens with one attached hydrogen (secondary N) is 1. The predicted molar refractivity (Wildman–Crippen MR) is 105 cm³/mol. The molecular formula is C19H22FN3OS2. The second-order valence-corrected chi connectivity index (χ2v) is 8.48. The minimum Gasteiger partial charge on any atom is -0.345 e. The maximum atomic E-state index is 13.7. The van der Waals surface area contributed by atoms with Gasteiger partial charge >= 0.3 is 0 Å². The molecule has 1 aromatic carbocycles. The average molecular weight is 392 g/mol. The molecule has 2 aromatic rings. The summed E-state index contributed by atoms with van der Waals surface area (Å²) < 4.78 is 13.7. The van der Waals surface area contributed by atoms with E-state index in [0.29, 0.717) is 16.3 Å². The summed E-state index contributed by atoms with van der Waals surface area (Å²) in [5.74, 6) is 1.35. The van der Waals surface area contributed by atoms with Gasteiger partial charge < -0.3 is 5.32 Å². The van der Waals surface area contributed by atoms with Crippen LogP contribution in [0.4, 0.5) is 4.39 Å². The highest BCUT2D eigenvalue weighted by Crippen LogP contribution is 2.37. The molecule has 138 valence electrons. The number of benzene rings is 1. The number of rotatable bonds is 4. The van der Waals surface area contributed by atoms with E-state index in [1.165, 1.54) is 23.9 Å². The highest BCUT2D eigenvalue weighted by molar-refractivity contribution is 7.99. The van der Waals surface area contributed by atoms with Crippen molar-refractivity contribution < 1.29 is 9.18 Å². The first-order chi connectivity index (χ1) is 12.4. The van der Waals surface area contributed by atoms with E-state index in [9.17, 15) is 9.18 Å². The molecule has 1 aliphatic rings. The van der Waals surface area contributed by atoms with Gasteiger partial charge in [0, 0.05) is 16.6 Å². The van der Waals surface area contributed by atoms with Gasteiger partial charge in [-0.2, -0.15) is 0 Å². The minimum absolute atomic E-state index is 0.196. The van der Waals surface area contributed by atoms with Crippen LogP contribution >= 0.6 is 23.5 Å². The van der Waals surface area contributed by atoms with E-state index in [2.05, 4.69) is 15.3 Å². The van der Waals surface area contributed by atoms with E-state index in [1.807, 2.05) is 27.0 Å². The van der Waals surface area contributed by atoms with Gasteiger partial charge in [-0.25, -0.2) is 14.4 Å². The first kappa shape index (κ1) is 19.2. The molecule has 26 heavy (non-hydrogen) atoms. The maximum Gasteiger partial charge on any atom is 0.256 e. The summed E-state index contributed by atoms with van der Waals surface area (Å²) in [6.07, 6.45) is 2.68. The third kappa shape index (κ3) is 3.88. The van der Waals surface area contributed by atoms with E-state index in [4.69, 9.17) is 0 Å². The number of carbonyl (C=O) groups excluding carboxylic acids is 1. The summed E-state index contributed by atoms with van der Waals surface area (Å²) in [5, 5.41) is 3.75. The smallest absolute Gasteiger partial charge is 0.256 e. The number of hydrogen-bond donors (Lipinski definition) is 1. The Labute approximate surface area is 161 Å². The fourth-order valence-electron chi connectivity index (χ4n) is 2.98. The first-order valence-corrected chi connectivity index (χ1v) is 10.8. The SMILES string of the molecule is CSc1nc(C(C)C)nc(C)c1C(=O)NC1CCSc2ccc(F)cc21. The van der Waals surface area contributed by atoms with Gasteiger partial charge in [-0.05, 0) is 43.4 Å². The lowest BCUT2D eigenvalue weighted by Crippen LogP contribution is -2.32. The van der Waals surface area contributed by atoms with E-state index < -0.39 is 0 Å². The van der Waals surface area contributed by atoms with Crippen LogP contribution in [-0.4, -0.2) is 27.9 Å². The highest BCUT2D eigenvalue weighted by atomic mass is 32.2. The molecule has 1 atom stereocenters. The Bertz CT molecular complexity index is 842. The van der Waals surface area contributed by atoms with Crippen molar-refractivity contribution >= 4 is 29.4 Å². The molecule has 0 fully saturated rings. The van der Waals surface area contributed by atoms with Crippen LogP contribution in [0.3, 0.4) is 0 Å². The van der Waals surface area contributed by atoms with Crippen molar-refractivity contribution in [3.63, 3.8) is 0 Å². The number of nitrogens with zero attached hydrogens (tertiary/aromatic N) is 2. The van der Waals surface area contributed by atoms with Crippen LogP contribution in [0.5, 0.6) is 0 Å². The average Bonchev–Trinajstić information content (AvgIpc) is 2.61. The van der Waals surface area contributed by atoms with Gasteiger partial charge in [0.1, 0.15) is 16.7 Å². The molecule has 1 N–H and O–H groups in total. The highest BCUT2D eigenvalue weighted by Gasteiger charge is 2.26. The van der Waals surface area contributed by atoms with Crippen molar-refractivity contribution in [2.45, 2.75) is 49.1 Å². The van der Waals surface area contributed by atoms with E-state index in [1.54, 1.807) is 17.8 Å². The Morgan fingerprint density at radius 1 is 1.38 bits per heavy atom. The van der Waals surface area contributed by atoms with Crippen LogP contribution in [0.15, 0.2) is 28.1 Å². The number of aromatic nitrogens is 2. The van der Waals surface area contributed by atoms with Crippen LogP contribution in [-0.2, 0) is 0 Å². The summed E-state index contributed by atoms with van der Waals surface area (Å²) in [5.41, 5.74) is 2.03. The number of carbonyl (C=O) groups is 1. The number of hydrogen-bond acceptors (Lipinski definition) is 5. The summed E-state index contributed by atoms with van der Waals surface area (Å²) in [6.45, 7) is 5.90. The molecule has 4 nitrogen and oxygen atoms in total. The number of fused-ring (bicyclic) bond motifs is 1. The number of amides is 1. The van der Waals surface area contributed by atoms with Gasteiger partial charge in [-0.1, -0.05) is 13.8 Å². The van der Waals surface area contributed by atoms with Crippen molar-refractivity contribution in [1.82, 2.24) is 15.3 Å². The molecule has 0 spiro atoms. The quantitative estimate of drug-likeness (QED) is 0.603. The number of aryl methyl sites for hydroxylation is 1. The van der Waals surface area contributed by atoms with E-state index in [-0.39, 0.29) is 23.7 Å². The molecule has 0 saturated heterocycles. The van der Waals surface area contributed by atoms with E-state index >= 15 is 0 Å². The lowest BCUT2D eigenvalue weighted by Gasteiger charge is -2.26. The Hall–Kier alpha value is -1.60. The Morgan fingerprint density at radius 2 is 2.15 bits per heavy atom. The number of thioether (sulfide) groups is 2. The van der Waals surface area contributed by atoms with Gasteiger partial charge in [0.25, 0.3) is 5.91 Å². The summed E-state index contributed by atoms with van der Waals surface area (Å²) in [4.78, 5) is 23.1. The summed E-state index contributed by atoms with van der Waals surface area (Å²) >= 11 is 3.14. The standard InChI is InChI=1S/C19H22FN3OS2/c1-10(2)17-21-11(3)16(19(23-17)25-4)18(24)22-14-7-8-26-15-6-5-12(20)9-13(14)15/h5-6,9-10,14H,7-8H2,1-4H3,(H,22,24). The third-order valence-electron chi connectivity index (χ3n) is 4.33. The molecule has 0 aliphatic carbocycles. The second kappa shape index (κ2) is 7.96. The fraction of sp³-hybridized carbons (Fsp3) is 0.421. The molecule has 7 heteroatoms. The van der Waals surface area contributed by atoms with Crippen LogP contribution in [0.2, 0.25) is 0 Å². The first-order valence-electron chi connectivity index (χ1n) is 8.56. The van der Waals surface area contributed by atoms with E-state index in [0.717, 1.165) is 28.5 Å². The fourth-order valence-corrected chi connectivity index (χ4v) is 4.72. The van der Waals surface area contributed by atoms with Gasteiger partial charge in [0.05, 0.1) is 17.3 Å². The lowest BCUT2D eigenvalue weighted by molar-refractivity contribution is 0.0929. The largest absolute Gasteiger partial charge is 0.345 e. The van der Waals surface area contributed by atoms with Crippen LogP contribution in [0.1, 0.15) is 59.7 Å². The van der Waals surface area contributed by atoms with Crippen molar-refractivity contribution in [2.75, 3.05) is 12.0 Å². The van der Waals surface area contributed by atoms with Gasteiger partial charge in [-0.15, -0.1) is 23.5 Å². The monoisotopic (exact) mass is 391 g/mol. The van der Waals surface area contributed by atoms with Crippen LogP contribution in [0, 0.1) is 12.7 Å². The minimum atomic E-state index is -0.281. The van der Waals surface area contributed by atoms with Gasteiger partial charge in [0.2, 0.25) is 0 Å². The molecule has 3 rings (SSSR count). The topological polar surface area (TPSA) is 54.9 Å². The Morgan fingerprint density at radius 3 is 2.85 bits per heavy atom. The normalized spacial score (nSPS) is 16.5. The third-order valence-corrected chi connectivity index (χ3v) is 6.13. The van der Waals surface area contributed by atoms with Crippen LogP contribution < -0.4 is 5.32 Å². The molecular weight excluding hydrogens is 369 g/mol. The van der Waals surface area contributed by atoms with Crippen LogP contribution in [0.25, 0.3) is 0 Å². The zero-order valence-corrected chi connectivity index (χ0v) is 16.9. The molecule has 0 bridgehead atoms. The Kier molecular flexibility index (Phi) is 5.87. The zero-order chi connectivity index (χ0) is 18.8. The van der Waals surface area contributed by atoms with Crippen molar-refractivity contribution in [2.24, 2.45) is 0 Å². The lowest BCUT2D eigenvalue weighted by atomic mass is 10.0. The molecule has 0 saturated carbocycles. The van der Waals surface area contributed by atoms with Gasteiger partial charge in [0.15, 0.2) is 0 Å². The zero-order valence-electron chi connectivity index (χ0n) is 15.3. The molecule has 0 radical (unpaired) electrons. The van der Waals surface area contributed by atoms with Crippen molar-refractivity contribution in [1.29, 1.82) is 0 Å².